The quantitative estimate of drug-likeness (QED) is 0.680. The number of hydrogen-bond acceptors (Lipinski definition) is 0. The molecule has 1 rings (SSSR count). The molecule has 1 aromatic rings. The lowest BCUT2D eigenvalue weighted by atomic mass is 10.1. The summed E-state index contributed by atoms with van der Waals surface area (Å²) >= 11 is 0. The van der Waals surface area contributed by atoms with E-state index in [-0.39, 0.29) is 12.1 Å². The summed E-state index contributed by atoms with van der Waals surface area (Å²) < 4.78 is 37.0. The molecule has 0 atom stereocenters. The summed E-state index contributed by atoms with van der Waals surface area (Å²) in [5, 5.41) is 1.46. The molecule has 0 saturated carbocycles. The van der Waals surface area contributed by atoms with E-state index in [0.717, 1.165) is 6.07 Å². The Morgan fingerprint density at radius 3 is 2.38 bits per heavy atom. The maximum absolute atomic E-state index is 12.3. The van der Waals surface area contributed by atoms with Crippen molar-refractivity contribution in [1.29, 1.82) is 0 Å². The summed E-state index contributed by atoms with van der Waals surface area (Å²) in [6.07, 6.45) is -4.26. The molecule has 0 saturated heterocycles. The smallest absolute Gasteiger partial charge is 0.416 e. The molecule has 0 radical (unpaired) electrons. The van der Waals surface area contributed by atoms with Gasteiger partial charge in [-0.2, -0.15) is 20.2 Å². The van der Waals surface area contributed by atoms with Crippen LogP contribution < -0.4 is 5.32 Å². The zero-order valence-corrected chi connectivity index (χ0v) is 6.93. The van der Waals surface area contributed by atoms with Crippen LogP contribution in [0.4, 0.5) is 13.2 Å². The Morgan fingerprint density at radius 2 is 1.85 bits per heavy atom. The Kier molecular flexibility index (Phi) is 2.93. The van der Waals surface area contributed by atoms with E-state index in [0.29, 0.717) is 0 Å². The Hall–Kier alpha value is -1.03. The topological polar surface area (TPSA) is 16.6 Å². The second-order valence-electron chi connectivity index (χ2n) is 2.65. The SMILES string of the molecule is [CH2-][NH2+]Cc1ccccc1C(F)(F)F. The summed E-state index contributed by atoms with van der Waals surface area (Å²) in [4.78, 5) is 0. The molecule has 0 amide bonds. The van der Waals surface area contributed by atoms with E-state index in [2.05, 4.69) is 7.05 Å². The van der Waals surface area contributed by atoms with Gasteiger partial charge in [0.1, 0.15) is 0 Å². The van der Waals surface area contributed by atoms with Crippen LogP contribution in [0.25, 0.3) is 0 Å². The largest absolute Gasteiger partial charge is 0.475 e. The standard InChI is InChI=1S/C9H10F3N/c1-13-6-7-4-2-3-5-8(7)9(10,11)12/h2-5H,1,6,13H2. The van der Waals surface area contributed by atoms with Crippen molar-refractivity contribution >= 4 is 0 Å². The summed E-state index contributed by atoms with van der Waals surface area (Å²) in [6, 6.07) is 5.52. The summed E-state index contributed by atoms with van der Waals surface area (Å²) in [7, 11) is 3.41. The van der Waals surface area contributed by atoms with Gasteiger partial charge in [-0.05, 0) is 6.07 Å². The van der Waals surface area contributed by atoms with E-state index in [4.69, 9.17) is 0 Å². The molecule has 1 nitrogen and oxygen atoms in total. The number of benzene rings is 1. The number of halogens is 3. The number of rotatable bonds is 2. The van der Waals surface area contributed by atoms with Gasteiger partial charge in [-0.15, -0.1) is 0 Å². The third-order valence-electron chi connectivity index (χ3n) is 1.69. The lowest BCUT2D eigenvalue weighted by Gasteiger charge is -2.11. The second-order valence-corrected chi connectivity index (χ2v) is 2.65. The van der Waals surface area contributed by atoms with Gasteiger partial charge in [-0.3, -0.25) is 0 Å². The van der Waals surface area contributed by atoms with Gasteiger partial charge in [0, 0.05) is 5.56 Å². The van der Waals surface area contributed by atoms with Crippen molar-refractivity contribution in [2.24, 2.45) is 0 Å². The Morgan fingerprint density at radius 1 is 1.23 bits per heavy atom. The number of nitrogens with two attached hydrogens (primary N) is 1. The van der Waals surface area contributed by atoms with Gasteiger partial charge in [0.05, 0.1) is 12.1 Å². The van der Waals surface area contributed by atoms with Crippen molar-refractivity contribution in [1.82, 2.24) is 0 Å². The van der Waals surface area contributed by atoms with Crippen LogP contribution in [0.1, 0.15) is 11.1 Å². The predicted octanol–water partition coefficient (Wildman–Crippen LogP) is 1.56. The van der Waals surface area contributed by atoms with Gasteiger partial charge < -0.3 is 5.32 Å². The van der Waals surface area contributed by atoms with Crippen molar-refractivity contribution in [3.63, 3.8) is 0 Å². The molecule has 72 valence electrons. The average molecular weight is 189 g/mol. The molecular formula is C9H10F3N. The molecule has 0 unspecified atom stereocenters. The Balaban J connectivity index is 3.05. The Bertz CT molecular complexity index is 280. The van der Waals surface area contributed by atoms with E-state index in [9.17, 15) is 13.2 Å². The maximum atomic E-state index is 12.3. The summed E-state index contributed by atoms with van der Waals surface area (Å²) in [5.41, 5.74) is -0.306. The first-order valence-electron chi connectivity index (χ1n) is 3.81. The average Bonchev–Trinajstić information content (AvgIpc) is 2.04. The highest BCUT2D eigenvalue weighted by Crippen LogP contribution is 2.31. The van der Waals surface area contributed by atoms with Crippen molar-refractivity contribution in [2.45, 2.75) is 12.7 Å². The van der Waals surface area contributed by atoms with E-state index >= 15 is 0 Å². The highest BCUT2D eigenvalue weighted by atomic mass is 19.4. The van der Waals surface area contributed by atoms with Gasteiger partial charge in [0.15, 0.2) is 0 Å². The van der Waals surface area contributed by atoms with Gasteiger partial charge in [-0.25, -0.2) is 0 Å². The summed E-state index contributed by atoms with van der Waals surface area (Å²) in [5.74, 6) is 0. The first-order valence-corrected chi connectivity index (χ1v) is 3.81. The van der Waals surface area contributed by atoms with Crippen molar-refractivity contribution in [2.75, 3.05) is 0 Å². The highest BCUT2D eigenvalue weighted by molar-refractivity contribution is 5.28. The normalized spacial score (nSPS) is 11.7. The van der Waals surface area contributed by atoms with Crippen LogP contribution in [0.3, 0.4) is 0 Å². The van der Waals surface area contributed by atoms with E-state index in [1.54, 1.807) is 6.07 Å². The fourth-order valence-corrected chi connectivity index (χ4v) is 1.13. The van der Waals surface area contributed by atoms with Crippen LogP contribution in [0.5, 0.6) is 0 Å². The predicted molar refractivity (Wildman–Crippen MR) is 42.4 cm³/mol. The molecule has 1 aromatic carbocycles. The molecule has 2 N–H and O–H groups in total. The van der Waals surface area contributed by atoms with Gasteiger partial charge in [0.2, 0.25) is 0 Å². The van der Waals surface area contributed by atoms with E-state index in [1.165, 1.54) is 17.4 Å². The number of hydrogen-bond donors (Lipinski definition) is 1. The van der Waals surface area contributed by atoms with Crippen LogP contribution in [0.2, 0.25) is 0 Å². The molecule has 0 bridgehead atoms. The summed E-state index contributed by atoms with van der Waals surface area (Å²) in [6.45, 7) is 0.246. The monoisotopic (exact) mass is 189 g/mol. The minimum absolute atomic E-state index is 0.246. The third-order valence-corrected chi connectivity index (χ3v) is 1.69. The van der Waals surface area contributed by atoms with Crippen LogP contribution in [0.15, 0.2) is 24.3 Å². The Labute approximate surface area is 74.6 Å². The van der Waals surface area contributed by atoms with Gasteiger partial charge >= 0.3 is 6.18 Å². The molecule has 4 heteroatoms. The lowest BCUT2D eigenvalue weighted by Crippen LogP contribution is -2.75. The van der Waals surface area contributed by atoms with Crippen LogP contribution in [-0.2, 0) is 12.7 Å². The third kappa shape index (κ3) is 2.45. The van der Waals surface area contributed by atoms with Crippen LogP contribution in [0, 0.1) is 7.05 Å². The molecule has 0 spiro atoms. The minimum Gasteiger partial charge on any atom is -0.475 e. The van der Waals surface area contributed by atoms with Crippen LogP contribution >= 0.6 is 0 Å². The fraction of sp³-hybridized carbons (Fsp3) is 0.222. The molecule has 0 aliphatic rings. The zero-order valence-electron chi connectivity index (χ0n) is 6.93. The van der Waals surface area contributed by atoms with Crippen LogP contribution in [-0.4, -0.2) is 0 Å². The lowest BCUT2D eigenvalue weighted by molar-refractivity contribution is -0.612. The number of quaternary nitrogens is 1. The first-order chi connectivity index (χ1) is 6.05. The van der Waals surface area contributed by atoms with Gasteiger partial charge in [-0.1, -0.05) is 18.2 Å². The van der Waals surface area contributed by atoms with Crippen molar-refractivity contribution in [3.8, 4) is 0 Å². The molecule has 0 aliphatic carbocycles. The van der Waals surface area contributed by atoms with Gasteiger partial charge in [0.25, 0.3) is 0 Å². The molecule has 0 fully saturated rings. The molecular weight excluding hydrogens is 179 g/mol. The van der Waals surface area contributed by atoms with Crippen molar-refractivity contribution in [3.05, 3.63) is 42.4 Å². The molecule has 13 heavy (non-hydrogen) atoms. The first kappa shape index (κ1) is 10.1. The van der Waals surface area contributed by atoms with E-state index in [1.807, 2.05) is 0 Å². The highest BCUT2D eigenvalue weighted by Gasteiger charge is 2.32. The van der Waals surface area contributed by atoms with Crippen molar-refractivity contribution < 1.29 is 18.5 Å². The number of alkyl halides is 3. The minimum atomic E-state index is -4.26. The molecule has 0 aliphatic heterocycles. The zero-order chi connectivity index (χ0) is 9.90. The molecule has 0 heterocycles. The fourth-order valence-electron chi connectivity index (χ4n) is 1.13. The maximum Gasteiger partial charge on any atom is 0.416 e. The molecule has 0 aromatic heterocycles. The second kappa shape index (κ2) is 3.79. The van der Waals surface area contributed by atoms with E-state index < -0.39 is 11.7 Å².